The predicted molar refractivity (Wildman–Crippen MR) is 81.5 cm³/mol. The zero-order valence-electron chi connectivity index (χ0n) is 11.5. The predicted octanol–water partition coefficient (Wildman–Crippen LogP) is 1.31. The van der Waals surface area contributed by atoms with Gasteiger partial charge in [-0.1, -0.05) is 12.1 Å². The van der Waals surface area contributed by atoms with Gasteiger partial charge in [0.05, 0.1) is 12.0 Å². The molecule has 21 heavy (non-hydrogen) atoms. The monoisotopic (exact) mass is 306 g/mol. The summed E-state index contributed by atoms with van der Waals surface area (Å²) in [6.45, 7) is 0.996. The minimum absolute atomic E-state index is 0.0960. The Morgan fingerprint density at radius 2 is 2.14 bits per heavy atom. The van der Waals surface area contributed by atoms with Gasteiger partial charge in [0.2, 0.25) is 0 Å². The van der Waals surface area contributed by atoms with Crippen LogP contribution < -0.4 is 10.2 Å². The van der Waals surface area contributed by atoms with Crippen LogP contribution in [0.5, 0.6) is 0 Å². The lowest BCUT2D eigenvalue weighted by molar-refractivity contribution is -0.885. The molecule has 0 spiro atoms. The number of hydrogen-bond acceptors (Lipinski definition) is 4. The zero-order valence-corrected chi connectivity index (χ0v) is 12.4. The molecular weight excluding hydrogens is 290 g/mol. The molecule has 0 saturated carbocycles. The summed E-state index contributed by atoms with van der Waals surface area (Å²) in [4.78, 5) is 23.4. The van der Waals surface area contributed by atoms with Crippen molar-refractivity contribution in [1.29, 1.82) is 0 Å². The molecule has 2 rings (SSSR count). The van der Waals surface area contributed by atoms with Crippen LogP contribution in [0.15, 0.2) is 41.1 Å². The lowest BCUT2D eigenvalue weighted by Crippen LogP contribution is -3.08. The van der Waals surface area contributed by atoms with Crippen molar-refractivity contribution in [3.8, 4) is 0 Å². The second kappa shape index (κ2) is 6.96. The second-order valence-electron chi connectivity index (χ2n) is 4.76. The highest BCUT2D eigenvalue weighted by Gasteiger charge is 2.17. The summed E-state index contributed by atoms with van der Waals surface area (Å²) in [5.41, 5.74) is 1.31. The lowest BCUT2D eigenvalue weighted by atomic mass is 10.2. The number of carbonyl (C=O) groups is 1. The number of nitrogens with one attached hydrogen (secondary N) is 2. The minimum Gasteiger partial charge on any atom is -0.326 e. The number of likely N-dealkylation sites (N-methyl/N-ethyl adjacent to an activating group) is 1. The summed E-state index contributed by atoms with van der Waals surface area (Å²) in [7, 11) is 1.91. The van der Waals surface area contributed by atoms with Crippen molar-refractivity contribution in [2.24, 2.45) is 0 Å². The molecule has 0 aliphatic rings. The molecule has 1 unspecified atom stereocenters. The number of thiophene rings is 1. The van der Waals surface area contributed by atoms with Crippen molar-refractivity contribution in [3.63, 3.8) is 0 Å². The van der Waals surface area contributed by atoms with Crippen molar-refractivity contribution >= 4 is 28.6 Å². The SMILES string of the molecule is C[NH+](CC(=O)Nc1ccccc1[N+](=O)[O-])Cc1ccsc1. The largest absolute Gasteiger partial charge is 0.326 e. The van der Waals surface area contributed by atoms with E-state index in [1.807, 2.05) is 23.9 Å². The Morgan fingerprint density at radius 1 is 1.38 bits per heavy atom. The van der Waals surface area contributed by atoms with Crippen LogP contribution in [0.1, 0.15) is 5.56 Å². The average Bonchev–Trinajstić information content (AvgIpc) is 2.91. The smallest absolute Gasteiger partial charge is 0.292 e. The van der Waals surface area contributed by atoms with Gasteiger partial charge in [0.15, 0.2) is 6.54 Å². The first kappa shape index (κ1) is 15.1. The molecule has 0 saturated heterocycles. The molecule has 2 aromatic rings. The van der Waals surface area contributed by atoms with Crippen molar-refractivity contribution < 1.29 is 14.6 Å². The van der Waals surface area contributed by atoms with Gasteiger partial charge < -0.3 is 10.2 Å². The van der Waals surface area contributed by atoms with Gasteiger partial charge in [-0.3, -0.25) is 14.9 Å². The molecule has 0 aliphatic heterocycles. The van der Waals surface area contributed by atoms with Gasteiger partial charge in [-0.2, -0.15) is 11.3 Å². The van der Waals surface area contributed by atoms with Gasteiger partial charge in [-0.05, 0) is 22.9 Å². The number of carbonyl (C=O) groups excluding carboxylic acids is 1. The highest BCUT2D eigenvalue weighted by molar-refractivity contribution is 7.07. The van der Waals surface area contributed by atoms with Gasteiger partial charge in [0, 0.05) is 11.6 Å². The first-order valence-corrected chi connectivity index (χ1v) is 7.36. The Labute approximate surface area is 126 Å². The van der Waals surface area contributed by atoms with Gasteiger partial charge >= 0.3 is 0 Å². The molecule has 0 aliphatic carbocycles. The summed E-state index contributed by atoms with van der Waals surface area (Å²) in [5, 5.41) is 17.5. The molecule has 0 fully saturated rings. The molecule has 1 amide bonds. The third-order valence-electron chi connectivity index (χ3n) is 2.92. The Balaban J connectivity index is 1.94. The van der Waals surface area contributed by atoms with Crippen LogP contribution in [-0.2, 0) is 11.3 Å². The first-order valence-electron chi connectivity index (χ1n) is 6.42. The lowest BCUT2D eigenvalue weighted by Gasteiger charge is -2.13. The Hall–Kier alpha value is -2.25. The van der Waals surface area contributed by atoms with Crippen molar-refractivity contribution in [2.45, 2.75) is 6.54 Å². The molecule has 2 N–H and O–H groups in total. The number of benzene rings is 1. The van der Waals surface area contributed by atoms with Crippen LogP contribution in [0.2, 0.25) is 0 Å². The van der Waals surface area contributed by atoms with Crippen molar-refractivity contribution in [2.75, 3.05) is 18.9 Å². The molecular formula is C14H16N3O3S+. The quantitative estimate of drug-likeness (QED) is 0.624. The third kappa shape index (κ3) is 4.37. The molecule has 0 radical (unpaired) electrons. The molecule has 1 aromatic carbocycles. The molecule has 6 nitrogen and oxygen atoms in total. The fraction of sp³-hybridized carbons (Fsp3) is 0.214. The molecule has 1 heterocycles. The fourth-order valence-electron chi connectivity index (χ4n) is 2.01. The number of rotatable bonds is 6. The van der Waals surface area contributed by atoms with Crippen LogP contribution in [-0.4, -0.2) is 24.4 Å². The van der Waals surface area contributed by atoms with Crippen molar-refractivity contribution in [1.82, 2.24) is 0 Å². The Morgan fingerprint density at radius 3 is 2.81 bits per heavy atom. The molecule has 1 aromatic heterocycles. The van der Waals surface area contributed by atoms with Crippen molar-refractivity contribution in [3.05, 3.63) is 56.8 Å². The molecule has 0 bridgehead atoms. The maximum Gasteiger partial charge on any atom is 0.292 e. The number of anilines is 1. The fourth-order valence-corrected chi connectivity index (χ4v) is 2.68. The van der Waals surface area contributed by atoms with E-state index in [1.165, 1.54) is 17.7 Å². The van der Waals surface area contributed by atoms with Crippen LogP contribution in [0.3, 0.4) is 0 Å². The van der Waals surface area contributed by atoms with E-state index in [2.05, 4.69) is 5.32 Å². The van der Waals surface area contributed by atoms with E-state index >= 15 is 0 Å². The normalized spacial score (nSPS) is 11.9. The zero-order chi connectivity index (χ0) is 15.2. The average molecular weight is 306 g/mol. The van der Waals surface area contributed by atoms with Crippen LogP contribution in [0.4, 0.5) is 11.4 Å². The summed E-state index contributed by atoms with van der Waals surface area (Å²) in [6, 6.07) is 8.15. The number of hydrogen-bond donors (Lipinski definition) is 2. The van der Waals surface area contributed by atoms with E-state index in [0.717, 1.165) is 11.4 Å². The van der Waals surface area contributed by atoms with E-state index in [9.17, 15) is 14.9 Å². The minimum atomic E-state index is -0.502. The van der Waals surface area contributed by atoms with Crippen LogP contribution >= 0.6 is 11.3 Å². The Bertz CT molecular complexity index is 628. The summed E-state index contributed by atoms with van der Waals surface area (Å²) in [5.74, 6) is -0.239. The van der Waals surface area contributed by atoms with E-state index in [4.69, 9.17) is 0 Å². The first-order chi connectivity index (χ1) is 10.1. The maximum atomic E-state index is 12.0. The van der Waals surface area contributed by atoms with Gasteiger partial charge in [-0.25, -0.2) is 0 Å². The second-order valence-corrected chi connectivity index (χ2v) is 5.54. The number of nitro groups is 1. The van der Waals surface area contributed by atoms with Gasteiger partial charge in [0.1, 0.15) is 12.2 Å². The number of amides is 1. The molecule has 1 atom stereocenters. The summed E-state index contributed by atoms with van der Waals surface area (Å²) >= 11 is 1.62. The highest BCUT2D eigenvalue weighted by Crippen LogP contribution is 2.22. The number of nitrogens with zero attached hydrogens (tertiary/aromatic N) is 1. The highest BCUT2D eigenvalue weighted by atomic mass is 32.1. The topological polar surface area (TPSA) is 76.7 Å². The molecule has 7 heteroatoms. The third-order valence-corrected chi connectivity index (χ3v) is 3.66. The van der Waals surface area contributed by atoms with Gasteiger partial charge in [-0.15, -0.1) is 0 Å². The summed E-state index contributed by atoms with van der Waals surface area (Å²) < 4.78 is 0. The maximum absolute atomic E-state index is 12.0. The van der Waals surface area contributed by atoms with E-state index < -0.39 is 4.92 Å². The summed E-state index contributed by atoms with van der Waals surface area (Å²) in [6.07, 6.45) is 0. The molecule has 110 valence electrons. The van der Waals surface area contributed by atoms with Crippen LogP contribution in [0.25, 0.3) is 0 Å². The van der Waals surface area contributed by atoms with E-state index in [0.29, 0.717) is 0 Å². The standard InChI is InChI=1S/C14H15N3O3S/c1-16(8-11-6-7-21-10-11)9-14(18)15-12-4-2-3-5-13(12)17(19)20/h2-7,10H,8-9H2,1H3,(H,15,18)/p+1. The van der Waals surface area contributed by atoms with E-state index in [-0.39, 0.29) is 23.8 Å². The number of nitro benzene ring substituents is 1. The Kier molecular flexibility index (Phi) is 5.02. The number of quaternary nitrogens is 1. The van der Waals surface area contributed by atoms with Crippen LogP contribution in [0, 0.1) is 10.1 Å². The van der Waals surface area contributed by atoms with Gasteiger partial charge in [0.25, 0.3) is 11.6 Å². The van der Waals surface area contributed by atoms with E-state index in [1.54, 1.807) is 23.5 Å². The number of para-hydroxylation sites is 2.